The second-order valence-corrected chi connectivity index (χ2v) is 9.51. The van der Waals surface area contributed by atoms with E-state index in [0.29, 0.717) is 11.8 Å². The third kappa shape index (κ3) is 3.69. The molecule has 5 rings (SSSR count). The normalized spacial score (nSPS) is 31.3. The van der Waals surface area contributed by atoms with Crippen molar-refractivity contribution in [3.63, 3.8) is 0 Å². The second kappa shape index (κ2) is 8.05. The summed E-state index contributed by atoms with van der Waals surface area (Å²) in [6, 6.07) is 2.32. The number of aromatic nitrogens is 5. The highest BCUT2D eigenvalue weighted by Gasteiger charge is 2.44. The zero-order chi connectivity index (χ0) is 20.7. The minimum atomic E-state index is -0.788. The van der Waals surface area contributed by atoms with Crippen LogP contribution in [0.3, 0.4) is 0 Å². The lowest BCUT2D eigenvalue weighted by Crippen LogP contribution is -2.37. The molecule has 1 N–H and O–H groups in total. The SMILES string of the molecule is CCn1ccc(CN2C[C@H]3C[C@@H](n4cc(C5(O)CCCC5)nn4)[C@H](OC)C[C@H]3C2)n1. The summed E-state index contributed by atoms with van der Waals surface area (Å²) in [7, 11) is 1.81. The number of ether oxygens (including phenoxy) is 1. The first-order valence-corrected chi connectivity index (χ1v) is 11.5. The molecule has 1 saturated heterocycles. The van der Waals surface area contributed by atoms with Gasteiger partial charge < -0.3 is 9.84 Å². The van der Waals surface area contributed by atoms with E-state index in [1.54, 1.807) is 0 Å². The summed E-state index contributed by atoms with van der Waals surface area (Å²) in [5.74, 6) is 1.29. The van der Waals surface area contributed by atoms with Crippen LogP contribution in [0.4, 0.5) is 0 Å². The maximum Gasteiger partial charge on any atom is 0.114 e. The molecule has 3 aliphatic rings. The van der Waals surface area contributed by atoms with Crippen LogP contribution >= 0.6 is 0 Å². The molecule has 0 unspecified atom stereocenters. The minimum Gasteiger partial charge on any atom is -0.383 e. The molecule has 0 bridgehead atoms. The molecular weight excluding hydrogens is 380 g/mol. The number of fused-ring (bicyclic) bond motifs is 1. The van der Waals surface area contributed by atoms with Crippen LogP contribution in [0.1, 0.15) is 62.9 Å². The Morgan fingerprint density at radius 3 is 2.67 bits per heavy atom. The first kappa shape index (κ1) is 20.2. The number of nitrogens with zero attached hydrogens (tertiary/aromatic N) is 6. The van der Waals surface area contributed by atoms with Gasteiger partial charge in [0.2, 0.25) is 0 Å². The number of aryl methyl sites for hydroxylation is 1. The zero-order valence-corrected chi connectivity index (χ0v) is 18.2. The van der Waals surface area contributed by atoms with Crippen LogP contribution in [0.2, 0.25) is 0 Å². The fourth-order valence-corrected chi connectivity index (χ4v) is 5.91. The Kier molecular flexibility index (Phi) is 5.41. The van der Waals surface area contributed by atoms with Gasteiger partial charge in [0.15, 0.2) is 0 Å². The molecule has 30 heavy (non-hydrogen) atoms. The van der Waals surface area contributed by atoms with E-state index in [9.17, 15) is 5.11 Å². The summed E-state index contributed by atoms with van der Waals surface area (Å²) in [6.07, 6.45) is 9.97. The van der Waals surface area contributed by atoms with Gasteiger partial charge in [-0.1, -0.05) is 18.1 Å². The molecule has 8 nitrogen and oxygen atoms in total. The number of likely N-dealkylation sites (tertiary alicyclic amines) is 1. The van der Waals surface area contributed by atoms with Gasteiger partial charge in [-0.15, -0.1) is 5.10 Å². The van der Waals surface area contributed by atoms with Crippen molar-refractivity contribution in [3.8, 4) is 0 Å². The van der Waals surface area contributed by atoms with Gasteiger partial charge in [0, 0.05) is 39.5 Å². The van der Waals surface area contributed by atoms with Gasteiger partial charge in [-0.3, -0.25) is 9.58 Å². The van der Waals surface area contributed by atoms with Crippen LogP contribution in [-0.2, 0) is 23.4 Å². The van der Waals surface area contributed by atoms with E-state index in [1.807, 2.05) is 22.7 Å². The van der Waals surface area contributed by atoms with Crippen LogP contribution in [0.25, 0.3) is 0 Å². The molecule has 164 valence electrons. The van der Waals surface area contributed by atoms with Crippen molar-refractivity contribution < 1.29 is 9.84 Å². The van der Waals surface area contributed by atoms with Gasteiger partial charge in [-0.2, -0.15) is 5.10 Å². The first-order valence-electron chi connectivity index (χ1n) is 11.5. The number of hydrogen-bond donors (Lipinski definition) is 1. The molecular formula is C22H34N6O2. The van der Waals surface area contributed by atoms with Gasteiger partial charge in [0.1, 0.15) is 11.3 Å². The molecule has 3 fully saturated rings. The maximum absolute atomic E-state index is 10.9. The molecule has 1 aliphatic heterocycles. The molecule has 0 amide bonds. The Morgan fingerprint density at radius 1 is 1.20 bits per heavy atom. The lowest BCUT2D eigenvalue weighted by molar-refractivity contribution is -0.00562. The molecule has 2 aromatic heterocycles. The number of aliphatic hydroxyl groups is 1. The molecule has 0 radical (unpaired) electrons. The van der Waals surface area contributed by atoms with Crippen LogP contribution in [0.5, 0.6) is 0 Å². The quantitative estimate of drug-likeness (QED) is 0.782. The molecule has 0 spiro atoms. The standard InChI is InChI=1S/C22H34N6O2/c1-3-27-9-6-18(24-27)14-26-12-16-10-19(20(30-2)11-17(16)13-26)28-15-21(23-25-28)22(29)7-4-5-8-22/h6,9,15-17,19-20,29H,3-5,7-8,10-14H2,1-2H3/t16-,17+,19-,20-/m1/s1. The van der Waals surface area contributed by atoms with Crippen molar-refractivity contribution in [2.75, 3.05) is 20.2 Å². The smallest absolute Gasteiger partial charge is 0.114 e. The van der Waals surface area contributed by atoms with Gasteiger partial charge in [-0.05, 0) is 50.5 Å². The van der Waals surface area contributed by atoms with Crippen molar-refractivity contribution in [1.82, 2.24) is 29.7 Å². The van der Waals surface area contributed by atoms with E-state index in [1.165, 1.54) is 0 Å². The summed E-state index contributed by atoms with van der Waals surface area (Å²) in [6.45, 7) is 6.16. The van der Waals surface area contributed by atoms with Crippen LogP contribution in [0, 0.1) is 11.8 Å². The predicted molar refractivity (Wildman–Crippen MR) is 112 cm³/mol. The average Bonchev–Trinajstić information content (AvgIpc) is 3.53. The lowest BCUT2D eigenvalue weighted by atomic mass is 9.77. The highest BCUT2D eigenvalue weighted by Crippen LogP contribution is 2.43. The van der Waals surface area contributed by atoms with Gasteiger partial charge in [0.25, 0.3) is 0 Å². The van der Waals surface area contributed by atoms with Crippen LogP contribution < -0.4 is 0 Å². The topological polar surface area (TPSA) is 81.2 Å². The van der Waals surface area contributed by atoms with Gasteiger partial charge in [-0.25, -0.2) is 4.68 Å². The first-order chi connectivity index (χ1) is 14.6. The Balaban J connectivity index is 1.27. The third-order valence-electron chi connectivity index (χ3n) is 7.63. The summed E-state index contributed by atoms with van der Waals surface area (Å²) < 4.78 is 9.88. The molecule has 0 aromatic carbocycles. The highest BCUT2D eigenvalue weighted by atomic mass is 16.5. The van der Waals surface area contributed by atoms with Crippen molar-refractivity contribution >= 4 is 0 Å². The zero-order valence-electron chi connectivity index (χ0n) is 18.2. The number of rotatable bonds is 6. The molecule has 2 saturated carbocycles. The summed E-state index contributed by atoms with van der Waals surface area (Å²) >= 11 is 0. The minimum absolute atomic E-state index is 0.137. The van der Waals surface area contributed by atoms with Crippen LogP contribution in [-0.4, -0.2) is 61.1 Å². The van der Waals surface area contributed by atoms with E-state index in [-0.39, 0.29) is 12.1 Å². The predicted octanol–water partition coefficient (Wildman–Crippen LogP) is 2.35. The third-order valence-corrected chi connectivity index (χ3v) is 7.63. The van der Waals surface area contributed by atoms with E-state index in [4.69, 9.17) is 4.74 Å². The van der Waals surface area contributed by atoms with Gasteiger partial charge >= 0.3 is 0 Å². The Labute approximate surface area is 178 Å². The fraction of sp³-hybridized carbons (Fsp3) is 0.773. The summed E-state index contributed by atoms with van der Waals surface area (Å²) in [4.78, 5) is 2.54. The van der Waals surface area contributed by atoms with E-state index in [0.717, 1.165) is 76.1 Å². The van der Waals surface area contributed by atoms with Crippen molar-refractivity contribution in [2.24, 2.45) is 11.8 Å². The van der Waals surface area contributed by atoms with Crippen LogP contribution in [0.15, 0.2) is 18.5 Å². The van der Waals surface area contributed by atoms with Crippen molar-refractivity contribution in [2.45, 2.75) is 76.3 Å². The molecule has 3 heterocycles. The van der Waals surface area contributed by atoms with Gasteiger partial charge in [0.05, 0.1) is 24.0 Å². The Bertz CT molecular complexity index is 857. The average molecular weight is 415 g/mol. The fourth-order valence-electron chi connectivity index (χ4n) is 5.91. The van der Waals surface area contributed by atoms with E-state index < -0.39 is 5.60 Å². The summed E-state index contributed by atoms with van der Waals surface area (Å²) in [5.41, 5.74) is 1.10. The largest absolute Gasteiger partial charge is 0.383 e. The van der Waals surface area contributed by atoms with E-state index >= 15 is 0 Å². The number of methoxy groups -OCH3 is 1. The highest BCUT2D eigenvalue weighted by molar-refractivity contribution is 5.10. The molecule has 2 aromatic rings. The molecule has 8 heteroatoms. The van der Waals surface area contributed by atoms with Crippen molar-refractivity contribution in [3.05, 3.63) is 29.8 Å². The number of hydrogen-bond acceptors (Lipinski definition) is 6. The second-order valence-electron chi connectivity index (χ2n) is 9.51. The Hall–Kier alpha value is -1.77. The monoisotopic (exact) mass is 414 g/mol. The maximum atomic E-state index is 10.9. The Morgan fingerprint density at radius 2 is 1.97 bits per heavy atom. The molecule has 2 aliphatic carbocycles. The van der Waals surface area contributed by atoms with Crippen molar-refractivity contribution in [1.29, 1.82) is 0 Å². The lowest BCUT2D eigenvalue weighted by Gasteiger charge is -2.37. The molecule has 4 atom stereocenters. The summed E-state index contributed by atoms with van der Waals surface area (Å²) in [5, 5.41) is 24.3. The van der Waals surface area contributed by atoms with E-state index in [2.05, 4.69) is 39.5 Å².